The van der Waals surface area contributed by atoms with Gasteiger partial charge in [-0.1, -0.05) is 27.7 Å². The molecule has 0 spiro atoms. The van der Waals surface area contributed by atoms with Gasteiger partial charge in [0, 0.05) is 9.37 Å². The van der Waals surface area contributed by atoms with E-state index < -0.39 is 5.97 Å². The average molecular weight is 336 g/mol. The van der Waals surface area contributed by atoms with Crippen molar-refractivity contribution in [2.45, 2.75) is 9.92 Å². The maximum absolute atomic E-state index is 11.1. The molecule has 0 bridgehead atoms. The van der Waals surface area contributed by atoms with Gasteiger partial charge < -0.3 is 5.11 Å². The van der Waals surface area contributed by atoms with Gasteiger partial charge in [0.1, 0.15) is 11.1 Å². The van der Waals surface area contributed by atoms with Gasteiger partial charge in [0.05, 0.1) is 18.0 Å². The predicted octanol–water partition coefficient (Wildman–Crippen LogP) is 2.96. The first-order chi connectivity index (χ1) is 9.10. The zero-order valence-corrected chi connectivity index (χ0v) is 11.8. The van der Waals surface area contributed by atoms with Gasteiger partial charge in [-0.2, -0.15) is 5.26 Å². The minimum Gasteiger partial charge on any atom is -0.478 e. The van der Waals surface area contributed by atoms with E-state index in [1.807, 2.05) is 6.07 Å². The molecule has 2 aromatic rings. The highest BCUT2D eigenvalue weighted by Gasteiger charge is 2.12. The lowest BCUT2D eigenvalue weighted by atomic mass is 10.2. The molecule has 0 atom stereocenters. The van der Waals surface area contributed by atoms with Crippen molar-refractivity contribution in [1.29, 1.82) is 5.26 Å². The fourth-order valence-electron chi connectivity index (χ4n) is 1.30. The van der Waals surface area contributed by atoms with Crippen molar-refractivity contribution in [3.63, 3.8) is 0 Å². The van der Waals surface area contributed by atoms with Crippen LogP contribution in [0.25, 0.3) is 0 Å². The van der Waals surface area contributed by atoms with E-state index in [0.29, 0.717) is 9.92 Å². The van der Waals surface area contributed by atoms with Crippen molar-refractivity contribution < 1.29 is 9.90 Å². The minimum atomic E-state index is -1.00. The van der Waals surface area contributed by atoms with Crippen LogP contribution >= 0.6 is 27.7 Å². The highest BCUT2D eigenvalue weighted by atomic mass is 79.9. The van der Waals surface area contributed by atoms with Gasteiger partial charge in [-0.05, 0) is 18.2 Å². The molecule has 1 N–H and O–H groups in total. The molecule has 1 aromatic heterocycles. The number of carbonyl (C=O) groups is 1. The molecule has 7 heteroatoms. The number of nitrogens with zero attached hydrogens (tertiary/aromatic N) is 3. The van der Waals surface area contributed by atoms with Crippen molar-refractivity contribution in [3.05, 3.63) is 46.3 Å². The quantitative estimate of drug-likeness (QED) is 0.927. The van der Waals surface area contributed by atoms with Crippen LogP contribution in [0.5, 0.6) is 0 Å². The van der Waals surface area contributed by atoms with Crippen LogP contribution in [0.15, 0.2) is 45.0 Å². The minimum absolute atomic E-state index is 0.194. The number of benzene rings is 1. The lowest BCUT2D eigenvalue weighted by Crippen LogP contribution is -1.99. The number of hydrogen-bond acceptors (Lipinski definition) is 5. The summed E-state index contributed by atoms with van der Waals surface area (Å²) in [6.07, 6.45) is 2.79. The Morgan fingerprint density at radius 1 is 1.37 bits per heavy atom. The van der Waals surface area contributed by atoms with Crippen LogP contribution in [0, 0.1) is 11.3 Å². The van der Waals surface area contributed by atoms with Gasteiger partial charge in [0.25, 0.3) is 0 Å². The van der Waals surface area contributed by atoms with E-state index in [1.165, 1.54) is 30.2 Å². The molecule has 2 rings (SSSR count). The molecule has 0 saturated heterocycles. The molecule has 0 aliphatic heterocycles. The maximum atomic E-state index is 11.1. The van der Waals surface area contributed by atoms with Gasteiger partial charge in [0.15, 0.2) is 5.69 Å². The van der Waals surface area contributed by atoms with Crippen LogP contribution in [0.1, 0.15) is 16.1 Å². The maximum Gasteiger partial charge on any atom is 0.336 e. The van der Waals surface area contributed by atoms with E-state index in [1.54, 1.807) is 12.1 Å². The van der Waals surface area contributed by atoms with Crippen molar-refractivity contribution in [2.75, 3.05) is 0 Å². The van der Waals surface area contributed by atoms with Crippen molar-refractivity contribution in [3.8, 4) is 6.07 Å². The lowest BCUT2D eigenvalue weighted by Gasteiger charge is -2.05. The summed E-state index contributed by atoms with van der Waals surface area (Å²) in [7, 11) is 0. The third-order valence-corrected chi connectivity index (χ3v) is 3.60. The Hall–Kier alpha value is -1.91. The largest absolute Gasteiger partial charge is 0.478 e. The van der Waals surface area contributed by atoms with E-state index >= 15 is 0 Å². The Labute approximate surface area is 121 Å². The fourth-order valence-corrected chi connectivity index (χ4v) is 2.70. The second-order valence-electron chi connectivity index (χ2n) is 3.40. The number of hydrogen-bond donors (Lipinski definition) is 1. The molecule has 0 radical (unpaired) electrons. The van der Waals surface area contributed by atoms with Crippen LogP contribution in [-0.4, -0.2) is 21.0 Å². The molecule has 5 nitrogen and oxygen atoms in total. The standard InChI is InChI=1S/C12H6BrN3O2S/c13-7-1-2-9(12(17)18)10(3-7)19-11-6-15-8(4-14)5-16-11/h1-3,5-6H,(H,17,18). The zero-order chi connectivity index (χ0) is 13.8. The first-order valence-electron chi connectivity index (χ1n) is 5.03. The van der Waals surface area contributed by atoms with Crippen LogP contribution in [0.3, 0.4) is 0 Å². The number of rotatable bonds is 3. The predicted molar refractivity (Wildman–Crippen MR) is 72.0 cm³/mol. The highest BCUT2D eigenvalue weighted by Crippen LogP contribution is 2.31. The van der Waals surface area contributed by atoms with Gasteiger partial charge in [-0.15, -0.1) is 0 Å². The van der Waals surface area contributed by atoms with Crippen molar-refractivity contribution in [1.82, 2.24) is 9.97 Å². The smallest absolute Gasteiger partial charge is 0.336 e. The van der Waals surface area contributed by atoms with E-state index in [2.05, 4.69) is 25.9 Å². The Kier molecular flexibility index (Phi) is 4.14. The molecular formula is C12H6BrN3O2S. The topological polar surface area (TPSA) is 86.9 Å². The second kappa shape index (κ2) is 5.82. The summed E-state index contributed by atoms with van der Waals surface area (Å²) in [5.74, 6) is -1.00. The number of carboxylic acids is 1. The number of aromatic carboxylic acids is 1. The Morgan fingerprint density at radius 3 is 2.74 bits per heavy atom. The third-order valence-electron chi connectivity index (χ3n) is 2.13. The highest BCUT2D eigenvalue weighted by molar-refractivity contribution is 9.10. The van der Waals surface area contributed by atoms with Crippen molar-refractivity contribution >= 4 is 33.7 Å². The summed E-state index contributed by atoms with van der Waals surface area (Å²) in [5.41, 5.74) is 0.413. The average Bonchev–Trinajstić information content (AvgIpc) is 2.39. The number of halogens is 1. The van der Waals surface area contributed by atoms with Crippen molar-refractivity contribution in [2.24, 2.45) is 0 Å². The first-order valence-corrected chi connectivity index (χ1v) is 6.64. The van der Waals surface area contributed by atoms with Crippen LogP contribution < -0.4 is 0 Å². The van der Waals surface area contributed by atoms with E-state index in [4.69, 9.17) is 10.4 Å². The zero-order valence-electron chi connectivity index (χ0n) is 9.37. The molecule has 0 aliphatic rings. The summed E-state index contributed by atoms with van der Waals surface area (Å²) in [6, 6.07) is 6.76. The SMILES string of the molecule is N#Cc1cnc(Sc2cc(Br)ccc2C(=O)O)cn1. The van der Waals surface area contributed by atoms with E-state index in [-0.39, 0.29) is 11.3 Å². The van der Waals surface area contributed by atoms with Gasteiger partial charge in [-0.3, -0.25) is 0 Å². The molecule has 94 valence electrons. The molecule has 1 heterocycles. The first kappa shape index (κ1) is 13.5. The third kappa shape index (κ3) is 3.30. The van der Waals surface area contributed by atoms with Crippen LogP contribution in [0.2, 0.25) is 0 Å². The Bertz CT molecular complexity index is 668. The van der Waals surface area contributed by atoms with Gasteiger partial charge >= 0.3 is 5.97 Å². The summed E-state index contributed by atoms with van der Waals surface area (Å²) >= 11 is 4.48. The molecule has 19 heavy (non-hydrogen) atoms. The molecule has 0 aliphatic carbocycles. The molecule has 0 unspecified atom stereocenters. The molecule has 0 amide bonds. The second-order valence-corrected chi connectivity index (χ2v) is 5.38. The fraction of sp³-hybridized carbons (Fsp3) is 0. The van der Waals surface area contributed by atoms with Gasteiger partial charge in [0.2, 0.25) is 0 Å². The monoisotopic (exact) mass is 335 g/mol. The van der Waals surface area contributed by atoms with E-state index in [0.717, 1.165) is 4.47 Å². The number of nitriles is 1. The summed E-state index contributed by atoms with van der Waals surface area (Å²) in [6.45, 7) is 0. The lowest BCUT2D eigenvalue weighted by molar-refractivity contribution is 0.0693. The normalized spacial score (nSPS) is 9.89. The molecular weight excluding hydrogens is 330 g/mol. The summed E-state index contributed by atoms with van der Waals surface area (Å²) in [4.78, 5) is 19.6. The summed E-state index contributed by atoms with van der Waals surface area (Å²) < 4.78 is 0.779. The number of aromatic nitrogens is 2. The number of carboxylic acid groups (broad SMARTS) is 1. The van der Waals surface area contributed by atoms with E-state index in [9.17, 15) is 4.79 Å². The Morgan fingerprint density at radius 2 is 2.16 bits per heavy atom. The van der Waals surface area contributed by atoms with Gasteiger partial charge in [-0.25, -0.2) is 14.8 Å². The summed E-state index contributed by atoms with van der Waals surface area (Å²) in [5, 5.41) is 18.3. The molecule has 0 saturated carbocycles. The molecule has 1 aromatic carbocycles. The Balaban J connectivity index is 2.34. The van der Waals surface area contributed by atoms with Crippen LogP contribution in [-0.2, 0) is 0 Å². The molecule has 0 fully saturated rings. The van der Waals surface area contributed by atoms with Crippen LogP contribution in [0.4, 0.5) is 0 Å².